The van der Waals surface area contributed by atoms with Crippen molar-refractivity contribution >= 4 is 0 Å². The monoisotopic (exact) mass is 290 g/mol. The third kappa shape index (κ3) is 2.27. The van der Waals surface area contributed by atoms with Crippen LogP contribution in [-0.4, -0.2) is 65.2 Å². The molecule has 1 unspecified atom stereocenters. The van der Waals surface area contributed by atoms with Crippen LogP contribution < -0.4 is 0 Å². The Kier molecular flexibility index (Phi) is 3.19. The second-order valence-electron chi connectivity index (χ2n) is 6.47. The fraction of sp³-hybridized carbons (Fsp3) is 1.00. The zero-order valence-corrected chi connectivity index (χ0v) is 12.2. The molecule has 7 heteroatoms. The van der Waals surface area contributed by atoms with E-state index in [9.17, 15) is 10.2 Å². The van der Waals surface area contributed by atoms with Crippen molar-refractivity contribution in [2.45, 2.75) is 69.5 Å². The molecule has 3 aliphatic heterocycles. The van der Waals surface area contributed by atoms with E-state index in [1.54, 1.807) is 13.8 Å². The van der Waals surface area contributed by atoms with Gasteiger partial charge in [-0.25, -0.2) is 0 Å². The van der Waals surface area contributed by atoms with Gasteiger partial charge in [-0.3, -0.25) is 0 Å². The van der Waals surface area contributed by atoms with Crippen molar-refractivity contribution in [3.8, 4) is 0 Å². The lowest BCUT2D eigenvalue weighted by Gasteiger charge is -2.29. The third-order valence-electron chi connectivity index (χ3n) is 3.86. The van der Waals surface area contributed by atoms with E-state index in [4.69, 9.17) is 23.7 Å². The third-order valence-corrected chi connectivity index (χ3v) is 3.86. The van der Waals surface area contributed by atoms with Crippen molar-refractivity contribution in [2.75, 3.05) is 13.2 Å². The van der Waals surface area contributed by atoms with Crippen molar-refractivity contribution < 1.29 is 33.9 Å². The highest BCUT2D eigenvalue weighted by molar-refractivity contribution is 5.05. The first kappa shape index (κ1) is 14.6. The Labute approximate surface area is 117 Å². The number of fused-ring (bicyclic) bond motifs is 1. The summed E-state index contributed by atoms with van der Waals surface area (Å²) < 4.78 is 28.4. The van der Waals surface area contributed by atoms with Crippen LogP contribution in [0.3, 0.4) is 0 Å². The second-order valence-corrected chi connectivity index (χ2v) is 6.47. The minimum atomic E-state index is -1.78. The molecule has 3 saturated heterocycles. The lowest BCUT2D eigenvalue weighted by Crippen LogP contribution is -2.46. The quantitative estimate of drug-likeness (QED) is 0.724. The maximum absolute atomic E-state index is 10.4. The number of rotatable bonds is 2. The minimum absolute atomic E-state index is 0.339. The van der Waals surface area contributed by atoms with Crippen LogP contribution in [0.15, 0.2) is 0 Å². The zero-order valence-electron chi connectivity index (χ0n) is 12.2. The smallest absolute Gasteiger partial charge is 0.219 e. The SMILES string of the molecule is CC1(C)OC[C@H](C2O[C@@](O)(CO)[C@H]3OC(C)(C)O[C@@H]23)O1. The van der Waals surface area contributed by atoms with Crippen LogP contribution >= 0.6 is 0 Å². The molecule has 7 nitrogen and oxygen atoms in total. The Hall–Kier alpha value is -0.280. The molecule has 0 aromatic rings. The molecule has 20 heavy (non-hydrogen) atoms. The van der Waals surface area contributed by atoms with Crippen LogP contribution in [0.25, 0.3) is 0 Å². The summed E-state index contributed by atoms with van der Waals surface area (Å²) in [6.45, 7) is 6.92. The highest BCUT2D eigenvalue weighted by atomic mass is 16.8. The van der Waals surface area contributed by atoms with Gasteiger partial charge in [0.05, 0.1) is 13.2 Å². The maximum Gasteiger partial charge on any atom is 0.219 e. The zero-order chi connectivity index (χ0) is 14.8. The Balaban J connectivity index is 1.83. The molecule has 3 heterocycles. The summed E-state index contributed by atoms with van der Waals surface area (Å²) in [6.07, 6.45) is -2.19. The van der Waals surface area contributed by atoms with E-state index in [0.717, 1.165) is 0 Å². The maximum atomic E-state index is 10.4. The van der Waals surface area contributed by atoms with Gasteiger partial charge in [-0.1, -0.05) is 0 Å². The number of hydrogen-bond donors (Lipinski definition) is 2. The van der Waals surface area contributed by atoms with Gasteiger partial charge in [0.1, 0.15) is 24.4 Å². The van der Waals surface area contributed by atoms with E-state index in [-0.39, 0.29) is 6.10 Å². The highest BCUT2D eigenvalue weighted by Crippen LogP contribution is 2.45. The van der Waals surface area contributed by atoms with Crippen molar-refractivity contribution in [3.05, 3.63) is 0 Å². The van der Waals surface area contributed by atoms with Crippen molar-refractivity contribution in [1.29, 1.82) is 0 Å². The van der Waals surface area contributed by atoms with Crippen LogP contribution in [0, 0.1) is 0 Å². The van der Waals surface area contributed by atoms with Gasteiger partial charge < -0.3 is 33.9 Å². The normalized spacial score (nSPS) is 49.5. The van der Waals surface area contributed by atoms with Crippen molar-refractivity contribution in [3.63, 3.8) is 0 Å². The van der Waals surface area contributed by atoms with E-state index in [0.29, 0.717) is 6.61 Å². The predicted octanol–water partition coefficient (Wildman–Crippen LogP) is -0.262. The van der Waals surface area contributed by atoms with Gasteiger partial charge in [0.25, 0.3) is 0 Å². The summed E-state index contributed by atoms with van der Waals surface area (Å²) in [5.74, 6) is -3.31. The van der Waals surface area contributed by atoms with Gasteiger partial charge in [-0.15, -0.1) is 0 Å². The average molecular weight is 290 g/mol. The van der Waals surface area contributed by atoms with Gasteiger partial charge in [0.15, 0.2) is 11.6 Å². The van der Waals surface area contributed by atoms with E-state index in [1.165, 1.54) is 0 Å². The topological polar surface area (TPSA) is 86.6 Å². The summed E-state index contributed by atoms with van der Waals surface area (Å²) in [5, 5.41) is 19.8. The summed E-state index contributed by atoms with van der Waals surface area (Å²) in [7, 11) is 0. The average Bonchev–Trinajstić information content (AvgIpc) is 2.92. The molecule has 0 radical (unpaired) electrons. The highest BCUT2D eigenvalue weighted by Gasteiger charge is 2.65. The molecule has 3 rings (SSSR count). The van der Waals surface area contributed by atoms with Crippen LogP contribution in [0.5, 0.6) is 0 Å². The summed E-state index contributed by atoms with van der Waals surface area (Å²) >= 11 is 0. The molecular formula is C13H22O7. The number of ether oxygens (including phenoxy) is 5. The van der Waals surface area contributed by atoms with Gasteiger partial charge in [0.2, 0.25) is 5.79 Å². The minimum Gasteiger partial charge on any atom is -0.391 e. The fourth-order valence-corrected chi connectivity index (χ4v) is 3.04. The molecule has 0 aromatic carbocycles. The van der Waals surface area contributed by atoms with Gasteiger partial charge >= 0.3 is 0 Å². The van der Waals surface area contributed by atoms with Crippen molar-refractivity contribution in [1.82, 2.24) is 0 Å². The van der Waals surface area contributed by atoms with Crippen LogP contribution in [-0.2, 0) is 23.7 Å². The molecule has 0 saturated carbocycles. The fourth-order valence-electron chi connectivity index (χ4n) is 3.04. The molecule has 0 aromatic heterocycles. The lowest BCUT2D eigenvalue weighted by molar-refractivity contribution is -0.294. The largest absolute Gasteiger partial charge is 0.391 e. The first-order chi connectivity index (χ1) is 9.16. The van der Waals surface area contributed by atoms with E-state index >= 15 is 0 Å². The Bertz CT molecular complexity index is 396. The van der Waals surface area contributed by atoms with E-state index in [1.807, 2.05) is 13.8 Å². The van der Waals surface area contributed by atoms with Crippen LogP contribution in [0.2, 0.25) is 0 Å². The summed E-state index contributed by atoms with van der Waals surface area (Å²) in [5.41, 5.74) is 0. The summed E-state index contributed by atoms with van der Waals surface area (Å²) in [4.78, 5) is 0. The molecule has 3 fully saturated rings. The van der Waals surface area contributed by atoms with Crippen LogP contribution in [0.1, 0.15) is 27.7 Å². The predicted molar refractivity (Wildman–Crippen MR) is 65.6 cm³/mol. The van der Waals surface area contributed by atoms with Crippen molar-refractivity contribution in [2.24, 2.45) is 0 Å². The molecule has 0 bridgehead atoms. The number of hydrogen-bond acceptors (Lipinski definition) is 7. The molecule has 2 N–H and O–H groups in total. The molecule has 5 atom stereocenters. The molecule has 0 amide bonds. The molecule has 0 aliphatic carbocycles. The van der Waals surface area contributed by atoms with Gasteiger partial charge in [0, 0.05) is 0 Å². The molecule has 116 valence electrons. The second kappa shape index (κ2) is 4.36. The first-order valence-corrected chi connectivity index (χ1v) is 6.84. The lowest BCUT2D eigenvalue weighted by atomic mass is 10.0. The Morgan fingerprint density at radius 3 is 2.20 bits per heavy atom. The standard InChI is InChI=1S/C13H22O7/c1-11(2)16-5-7(17-11)8-9-10(13(15,6-14)19-8)20-12(3,4)18-9/h7-10,14-15H,5-6H2,1-4H3/t7-,8?,9+,10+,13+/m1/s1. The number of aliphatic hydroxyl groups is 2. The van der Waals surface area contributed by atoms with Crippen LogP contribution in [0.4, 0.5) is 0 Å². The van der Waals surface area contributed by atoms with E-state index in [2.05, 4.69) is 0 Å². The number of aliphatic hydroxyl groups excluding tert-OH is 1. The molecular weight excluding hydrogens is 268 g/mol. The van der Waals surface area contributed by atoms with Gasteiger partial charge in [-0.2, -0.15) is 0 Å². The molecule has 3 aliphatic rings. The summed E-state index contributed by atoms with van der Waals surface area (Å²) in [6, 6.07) is 0. The Morgan fingerprint density at radius 1 is 0.950 bits per heavy atom. The van der Waals surface area contributed by atoms with E-state index < -0.39 is 42.3 Å². The Morgan fingerprint density at radius 2 is 1.65 bits per heavy atom. The van der Waals surface area contributed by atoms with Gasteiger partial charge in [-0.05, 0) is 27.7 Å². The first-order valence-electron chi connectivity index (χ1n) is 6.84. The molecule has 0 spiro atoms.